The van der Waals surface area contributed by atoms with Crippen LogP contribution in [0.3, 0.4) is 0 Å². The summed E-state index contributed by atoms with van der Waals surface area (Å²) in [6.07, 6.45) is 1.59. The Hall–Kier alpha value is -1.72. The van der Waals surface area contributed by atoms with Crippen molar-refractivity contribution in [3.05, 3.63) is 40.9 Å². The first kappa shape index (κ1) is 13.7. The summed E-state index contributed by atoms with van der Waals surface area (Å²) >= 11 is 5.92. The average molecular weight is 282 g/mol. The maximum Gasteiger partial charge on any atom is 0.161 e. The lowest BCUT2D eigenvalue weighted by molar-refractivity contribution is 0.273. The molecular formula is C13H16ClN3O2. The van der Waals surface area contributed by atoms with Crippen LogP contribution in [0, 0.1) is 0 Å². The van der Waals surface area contributed by atoms with Crippen molar-refractivity contribution < 1.29 is 9.47 Å². The molecule has 102 valence electrons. The molecule has 0 spiro atoms. The Morgan fingerprint density at radius 1 is 1.37 bits per heavy atom. The molecule has 2 aromatic rings. The molecule has 5 nitrogen and oxygen atoms in total. The van der Waals surface area contributed by atoms with Crippen molar-refractivity contribution in [2.24, 2.45) is 12.8 Å². The third-order valence-corrected chi connectivity index (χ3v) is 3.20. The van der Waals surface area contributed by atoms with E-state index in [2.05, 4.69) is 4.98 Å². The molecule has 0 aliphatic rings. The number of aromatic nitrogens is 2. The number of hydrogen-bond acceptors (Lipinski definition) is 4. The number of nitrogens with two attached hydrogens (primary N) is 1. The highest BCUT2D eigenvalue weighted by atomic mass is 35.5. The van der Waals surface area contributed by atoms with Crippen molar-refractivity contribution in [1.82, 2.24) is 9.55 Å². The van der Waals surface area contributed by atoms with Crippen LogP contribution in [0.15, 0.2) is 24.4 Å². The van der Waals surface area contributed by atoms with Gasteiger partial charge in [0.15, 0.2) is 11.5 Å². The minimum absolute atomic E-state index is 0.321. The molecule has 0 aliphatic carbocycles. The van der Waals surface area contributed by atoms with Crippen LogP contribution in [0.1, 0.15) is 11.4 Å². The number of halogens is 1. The quantitative estimate of drug-likeness (QED) is 0.912. The summed E-state index contributed by atoms with van der Waals surface area (Å²) in [4.78, 5) is 4.16. The number of methoxy groups -OCH3 is 1. The Balaban J connectivity index is 2.13. The second-order valence-electron chi connectivity index (χ2n) is 4.03. The van der Waals surface area contributed by atoms with Gasteiger partial charge in [-0.25, -0.2) is 4.98 Å². The molecule has 0 saturated heterocycles. The molecule has 19 heavy (non-hydrogen) atoms. The van der Waals surface area contributed by atoms with Gasteiger partial charge in [-0.15, -0.1) is 0 Å². The molecule has 2 N–H and O–H groups in total. The van der Waals surface area contributed by atoms with E-state index < -0.39 is 0 Å². The van der Waals surface area contributed by atoms with Gasteiger partial charge in [0.25, 0.3) is 0 Å². The first-order chi connectivity index (χ1) is 9.15. The molecule has 2 rings (SSSR count). The van der Waals surface area contributed by atoms with E-state index >= 15 is 0 Å². The van der Waals surface area contributed by atoms with E-state index in [9.17, 15) is 0 Å². The molecule has 0 fully saturated rings. The fourth-order valence-electron chi connectivity index (χ4n) is 1.66. The van der Waals surface area contributed by atoms with Crippen LogP contribution in [0.5, 0.6) is 11.5 Å². The van der Waals surface area contributed by atoms with E-state index in [1.165, 1.54) is 0 Å². The van der Waals surface area contributed by atoms with Crippen molar-refractivity contribution >= 4 is 11.6 Å². The van der Waals surface area contributed by atoms with Crippen molar-refractivity contribution in [2.45, 2.75) is 13.2 Å². The lowest BCUT2D eigenvalue weighted by atomic mass is 10.2. The van der Waals surface area contributed by atoms with Crippen LogP contribution < -0.4 is 15.2 Å². The predicted octanol–water partition coefficient (Wildman–Crippen LogP) is 2.12. The number of ether oxygens (including phenoxy) is 2. The van der Waals surface area contributed by atoms with Gasteiger partial charge in [0.1, 0.15) is 17.6 Å². The molecule has 0 saturated carbocycles. The van der Waals surface area contributed by atoms with Gasteiger partial charge in [0, 0.05) is 13.6 Å². The SMILES string of the molecule is COc1cc(CN)ccc1OCc1ncc(Cl)n1C. The summed E-state index contributed by atoms with van der Waals surface area (Å²) < 4.78 is 12.7. The molecular weight excluding hydrogens is 266 g/mol. The molecule has 1 heterocycles. The Bertz CT molecular complexity index is 569. The van der Waals surface area contributed by atoms with Crippen molar-refractivity contribution in [1.29, 1.82) is 0 Å². The first-order valence-electron chi connectivity index (χ1n) is 5.81. The van der Waals surface area contributed by atoms with E-state index in [0.29, 0.717) is 29.8 Å². The third kappa shape index (κ3) is 3.00. The van der Waals surface area contributed by atoms with Gasteiger partial charge >= 0.3 is 0 Å². The maximum absolute atomic E-state index is 5.92. The zero-order chi connectivity index (χ0) is 13.8. The monoisotopic (exact) mass is 281 g/mol. The minimum Gasteiger partial charge on any atom is -0.493 e. The minimum atomic E-state index is 0.321. The Labute approximate surface area is 116 Å². The fraction of sp³-hybridized carbons (Fsp3) is 0.308. The highest BCUT2D eigenvalue weighted by Crippen LogP contribution is 2.28. The van der Waals surface area contributed by atoms with Crippen LogP contribution in [0.25, 0.3) is 0 Å². The summed E-state index contributed by atoms with van der Waals surface area (Å²) in [5, 5.41) is 0.573. The van der Waals surface area contributed by atoms with Gasteiger partial charge in [0.2, 0.25) is 0 Å². The van der Waals surface area contributed by atoms with Crippen LogP contribution in [-0.4, -0.2) is 16.7 Å². The highest BCUT2D eigenvalue weighted by molar-refractivity contribution is 6.29. The van der Waals surface area contributed by atoms with Gasteiger partial charge in [-0.3, -0.25) is 0 Å². The summed E-state index contributed by atoms with van der Waals surface area (Å²) in [5.41, 5.74) is 6.58. The van der Waals surface area contributed by atoms with E-state index in [0.717, 1.165) is 11.4 Å². The molecule has 0 unspecified atom stereocenters. The van der Waals surface area contributed by atoms with Crippen molar-refractivity contribution in [2.75, 3.05) is 7.11 Å². The van der Waals surface area contributed by atoms with Gasteiger partial charge in [-0.2, -0.15) is 0 Å². The fourth-order valence-corrected chi connectivity index (χ4v) is 1.81. The van der Waals surface area contributed by atoms with Gasteiger partial charge < -0.3 is 19.8 Å². The van der Waals surface area contributed by atoms with E-state index in [1.54, 1.807) is 17.9 Å². The number of hydrogen-bond donors (Lipinski definition) is 1. The summed E-state index contributed by atoms with van der Waals surface area (Å²) in [7, 11) is 3.43. The molecule has 0 bridgehead atoms. The standard InChI is InChI=1S/C13H16ClN3O2/c1-17-12(14)7-16-13(17)8-19-10-4-3-9(6-15)5-11(10)18-2/h3-5,7H,6,8,15H2,1-2H3. The van der Waals surface area contributed by atoms with E-state index in [-0.39, 0.29) is 0 Å². The molecule has 0 radical (unpaired) electrons. The van der Waals surface area contributed by atoms with Crippen LogP contribution in [-0.2, 0) is 20.2 Å². The molecule has 0 aliphatic heterocycles. The first-order valence-corrected chi connectivity index (χ1v) is 6.19. The predicted molar refractivity (Wildman–Crippen MR) is 73.4 cm³/mol. The number of rotatable bonds is 5. The van der Waals surface area contributed by atoms with Crippen LogP contribution in [0.4, 0.5) is 0 Å². The zero-order valence-electron chi connectivity index (χ0n) is 10.9. The Kier molecular flexibility index (Phi) is 4.29. The Morgan fingerprint density at radius 2 is 2.16 bits per heavy atom. The van der Waals surface area contributed by atoms with Crippen LogP contribution >= 0.6 is 11.6 Å². The second-order valence-corrected chi connectivity index (χ2v) is 4.42. The van der Waals surface area contributed by atoms with Gasteiger partial charge in [0.05, 0.1) is 13.3 Å². The highest BCUT2D eigenvalue weighted by Gasteiger charge is 2.09. The zero-order valence-corrected chi connectivity index (χ0v) is 11.6. The largest absolute Gasteiger partial charge is 0.493 e. The lowest BCUT2D eigenvalue weighted by Gasteiger charge is -2.11. The molecule has 1 aromatic carbocycles. The summed E-state index contributed by atoms with van der Waals surface area (Å²) in [6, 6.07) is 5.61. The van der Waals surface area contributed by atoms with Crippen molar-refractivity contribution in [3.63, 3.8) is 0 Å². The lowest BCUT2D eigenvalue weighted by Crippen LogP contribution is -2.05. The van der Waals surface area contributed by atoms with Crippen molar-refractivity contribution in [3.8, 4) is 11.5 Å². The number of imidazole rings is 1. The molecule has 1 aromatic heterocycles. The van der Waals surface area contributed by atoms with Gasteiger partial charge in [-0.1, -0.05) is 17.7 Å². The summed E-state index contributed by atoms with van der Waals surface area (Å²) in [6.45, 7) is 0.785. The smallest absolute Gasteiger partial charge is 0.161 e. The summed E-state index contributed by atoms with van der Waals surface area (Å²) in [5.74, 6) is 2.05. The molecule has 0 atom stereocenters. The number of benzene rings is 1. The van der Waals surface area contributed by atoms with E-state index in [1.807, 2.05) is 25.2 Å². The Morgan fingerprint density at radius 3 is 2.74 bits per heavy atom. The number of nitrogens with zero attached hydrogens (tertiary/aromatic N) is 2. The third-order valence-electron chi connectivity index (χ3n) is 2.85. The average Bonchev–Trinajstić information content (AvgIpc) is 2.76. The van der Waals surface area contributed by atoms with E-state index in [4.69, 9.17) is 26.8 Å². The second kappa shape index (κ2) is 5.95. The molecule has 6 heteroatoms. The van der Waals surface area contributed by atoms with Crippen LogP contribution in [0.2, 0.25) is 5.15 Å². The molecule has 0 amide bonds. The van der Waals surface area contributed by atoms with Gasteiger partial charge in [-0.05, 0) is 17.7 Å². The maximum atomic E-state index is 5.92. The topological polar surface area (TPSA) is 62.3 Å². The normalized spacial score (nSPS) is 10.5.